The lowest BCUT2D eigenvalue weighted by molar-refractivity contribution is -0.149. The quantitative estimate of drug-likeness (QED) is 0.847. The molecule has 1 N–H and O–H groups in total. The number of piperidine rings is 1. The summed E-state index contributed by atoms with van der Waals surface area (Å²) in [5.41, 5.74) is -0.0680. The minimum absolute atomic E-state index is 0.138. The van der Waals surface area contributed by atoms with E-state index >= 15 is 0 Å². The number of amides is 1. The molecule has 1 amide bonds. The Bertz CT molecular complexity index is 838. The molecule has 8 nitrogen and oxygen atoms in total. The Hall–Kier alpha value is -2.64. The Morgan fingerprint density at radius 3 is 3.04 bits per heavy atom. The van der Waals surface area contributed by atoms with Crippen LogP contribution in [0.5, 0.6) is 0 Å². The number of hydrogen-bond acceptors (Lipinski definition) is 6. The number of carbonyl (C=O) groups excluding carboxylic acids is 2. The molecule has 3 heterocycles. The van der Waals surface area contributed by atoms with Crippen molar-refractivity contribution in [3.8, 4) is 0 Å². The summed E-state index contributed by atoms with van der Waals surface area (Å²) in [5, 5.41) is 0.151. The van der Waals surface area contributed by atoms with Crippen LogP contribution in [-0.2, 0) is 9.53 Å². The van der Waals surface area contributed by atoms with Crippen molar-refractivity contribution in [1.82, 2.24) is 14.9 Å². The summed E-state index contributed by atoms with van der Waals surface area (Å²) in [6.45, 7) is 4.50. The molecule has 8 heteroatoms. The number of nitrogens with zero attached hydrogens (tertiary/aromatic N) is 2. The highest BCUT2D eigenvalue weighted by Gasteiger charge is 2.32. The van der Waals surface area contributed by atoms with Crippen molar-refractivity contribution in [2.75, 3.05) is 19.7 Å². The van der Waals surface area contributed by atoms with E-state index in [1.54, 1.807) is 18.7 Å². The van der Waals surface area contributed by atoms with Gasteiger partial charge in [-0.25, -0.2) is 4.98 Å². The number of rotatable bonds is 3. The van der Waals surface area contributed by atoms with E-state index in [0.717, 1.165) is 0 Å². The van der Waals surface area contributed by atoms with Crippen molar-refractivity contribution in [2.24, 2.45) is 5.92 Å². The number of carbonyl (C=O) groups is 2. The number of aromatic nitrogens is 2. The Kier molecular flexibility index (Phi) is 4.37. The van der Waals surface area contributed by atoms with E-state index in [9.17, 15) is 14.4 Å². The van der Waals surface area contributed by atoms with Crippen molar-refractivity contribution in [3.63, 3.8) is 0 Å². The van der Waals surface area contributed by atoms with Crippen LogP contribution in [0.2, 0.25) is 0 Å². The van der Waals surface area contributed by atoms with Gasteiger partial charge in [-0.3, -0.25) is 14.4 Å². The monoisotopic (exact) mass is 333 g/mol. The second kappa shape index (κ2) is 6.46. The van der Waals surface area contributed by atoms with E-state index < -0.39 is 5.56 Å². The highest BCUT2D eigenvalue weighted by molar-refractivity contribution is 6.06. The predicted octanol–water partition coefficient (Wildman–Crippen LogP) is 1.24. The maximum absolute atomic E-state index is 12.9. The number of nitrogens with one attached hydrogen (secondary N) is 1. The summed E-state index contributed by atoms with van der Waals surface area (Å²) in [6, 6.07) is 0. The third-order valence-electron chi connectivity index (χ3n) is 4.21. The fourth-order valence-electron chi connectivity index (χ4n) is 3.08. The molecule has 2 aromatic heterocycles. The zero-order valence-corrected chi connectivity index (χ0v) is 13.6. The van der Waals surface area contributed by atoms with Crippen LogP contribution in [0.25, 0.3) is 11.1 Å². The topological polar surface area (TPSA) is 106 Å². The first-order valence-electron chi connectivity index (χ1n) is 7.95. The molecule has 1 aliphatic heterocycles. The zero-order valence-electron chi connectivity index (χ0n) is 13.6. The Morgan fingerprint density at radius 1 is 1.50 bits per heavy atom. The largest absolute Gasteiger partial charge is 0.466 e. The van der Waals surface area contributed by atoms with Gasteiger partial charge in [0.25, 0.3) is 11.5 Å². The molecule has 0 unspecified atom stereocenters. The molecule has 0 bridgehead atoms. The first-order chi connectivity index (χ1) is 11.5. The van der Waals surface area contributed by atoms with Crippen LogP contribution in [0.1, 0.15) is 35.9 Å². The Morgan fingerprint density at radius 2 is 2.29 bits per heavy atom. The third kappa shape index (κ3) is 2.79. The fourth-order valence-corrected chi connectivity index (χ4v) is 3.08. The van der Waals surface area contributed by atoms with Gasteiger partial charge in [-0.1, -0.05) is 0 Å². The molecule has 0 radical (unpaired) electrons. The highest BCUT2D eigenvalue weighted by atomic mass is 16.5. The van der Waals surface area contributed by atoms with Crippen LogP contribution in [0, 0.1) is 12.8 Å². The van der Waals surface area contributed by atoms with Gasteiger partial charge in [-0.2, -0.15) is 0 Å². The average molecular weight is 333 g/mol. The van der Waals surface area contributed by atoms with Crippen molar-refractivity contribution in [1.29, 1.82) is 0 Å². The van der Waals surface area contributed by atoms with Crippen LogP contribution in [0.3, 0.4) is 0 Å². The van der Waals surface area contributed by atoms with Gasteiger partial charge in [-0.05, 0) is 26.7 Å². The molecule has 3 rings (SSSR count). The zero-order chi connectivity index (χ0) is 17.3. The van der Waals surface area contributed by atoms with Gasteiger partial charge < -0.3 is 19.0 Å². The summed E-state index contributed by atoms with van der Waals surface area (Å²) >= 11 is 0. The SMILES string of the molecule is CCOC(=O)[C@H]1CCCN(C(=O)c2c(C)oc3nc[nH]c(=O)c23)C1. The molecule has 128 valence electrons. The maximum Gasteiger partial charge on any atom is 0.310 e. The van der Waals surface area contributed by atoms with Gasteiger partial charge in [0.15, 0.2) is 0 Å². The van der Waals surface area contributed by atoms with Crippen molar-refractivity contribution < 1.29 is 18.7 Å². The third-order valence-corrected chi connectivity index (χ3v) is 4.21. The van der Waals surface area contributed by atoms with Gasteiger partial charge in [0.1, 0.15) is 11.1 Å². The maximum atomic E-state index is 12.9. The predicted molar refractivity (Wildman–Crippen MR) is 84.6 cm³/mol. The first kappa shape index (κ1) is 16.2. The number of H-pyrrole nitrogens is 1. The van der Waals surface area contributed by atoms with Gasteiger partial charge in [0, 0.05) is 13.1 Å². The van der Waals surface area contributed by atoms with E-state index in [0.29, 0.717) is 31.8 Å². The van der Waals surface area contributed by atoms with Crippen molar-refractivity contribution in [2.45, 2.75) is 26.7 Å². The summed E-state index contributed by atoms with van der Waals surface area (Å²) in [7, 11) is 0. The minimum Gasteiger partial charge on any atom is -0.466 e. The Balaban J connectivity index is 1.91. The standard InChI is InChI=1S/C16H19N3O5/c1-3-23-16(22)10-5-4-6-19(7-10)15(21)11-9(2)24-14-12(11)13(20)17-8-18-14/h8,10H,3-7H2,1-2H3,(H,17,18,20)/t10-/m0/s1. The van der Waals surface area contributed by atoms with E-state index in [1.165, 1.54) is 6.33 Å². The van der Waals surface area contributed by atoms with Crippen LogP contribution in [0.15, 0.2) is 15.5 Å². The van der Waals surface area contributed by atoms with Crippen LogP contribution in [0.4, 0.5) is 0 Å². The molecule has 24 heavy (non-hydrogen) atoms. The molecule has 1 aliphatic rings. The van der Waals surface area contributed by atoms with Gasteiger partial charge in [0.05, 0.1) is 24.4 Å². The number of furan rings is 1. The lowest BCUT2D eigenvalue weighted by atomic mass is 9.97. The van der Waals surface area contributed by atoms with Crippen LogP contribution in [-0.4, -0.2) is 46.4 Å². The van der Waals surface area contributed by atoms with Crippen LogP contribution >= 0.6 is 0 Å². The van der Waals surface area contributed by atoms with E-state index in [2.05, 4.69) is 9.97 Å². The molecular formula is C16H19N3O5. The molecule has 0 aliphatic carbocycles. The number of aryl methyl sites for hydroxylation is 1. The van der Waals surface area contributed by atoms with Gasteiger partial charge in [-0.15, -0.1) is 0 Å². The molecule has 1 fully saturated rings. The molecule has 0 spiro atoms. The van der Waals surface area contributed by atoms with Gasteiger partial charge in [0.2, 0.25) is 5.71 Å². The number of fused-ring (bicyclic) bond motifs is 1. The molecule has 1 atom stereocenters. The summed E-state index contributed by atoms with van der Waals surface area (Å²) < 4.78 is 10.5. The van der Waals surface area contributed by atoms with E-state index in [-0.39, 0.29) is 41.0 Å². The number of likely N-dealkylation sites (tertiary alicyclic amines) is 1. The van der Waals surface area contributed by atoms with Crippen molar-refractivity contribution in [3.05, 3.63) is 28.0 Å². The van der Waals surface area contributed by atoms with Crippen molar-refractivity contribution >= 4 is 23.0 Å². The number of ether oxygens (including phenoxy) is 1. The average Bonchev–Trinajstić information content (AvgIpc) is 2.92. The second-order valence-electron chi connectivity index (χ2n) is 5.79. The normalized spacial score (nSPS) is 17.9. The number of esters is 1. The molecule has 0 saturated carbocycles. The Labute approximate surface area is 137 Å². The lowest BCUT2D eigenvalue weighted by Gasteiger charge is -2.31. The smallest absolute Gasteiger partial charge is 0.310 e. The molecule has 0 aromatic carbocycles. The summed E-state index contributed by atoms with van der Waals surface area (Å²) in [6.07, 6.45) is 2.63. The summed E-state index contributed by atoms with van der Waals surface area (Å²) in [5.74, 6) is -0.600. The number of hydrogen-bond donors (Lipinski definition) is 1. The second-order valence-corrected chi connectivity index (χ2v) is 5.79. The van der Waals surface area contributed by atoms with Crippen LogP contribution < -0.4 is 5.56 Å². The van der Waals surface area contributed by atoms with E-state index in [1.807, 2.05) is 0 Å². The molecule has 1 saturated heterocycles. The van der Waals surface area contributed by atoms with Gasteiger partial charge >= 0.3 is 5.97 Å². The number of aromatic amines is 1. The minimum atomic E-state index is -0.417. The molecule has 2 aromatic rings. The highest BCUT2D eigenvalue weighted by Crippen LogP contribution is 2.25. The fraction of sp³-hybridized carbons (Fsp3) is 0.500. The molecular weight excluding hydrogens is 314 g/mol. The summed E-state index contributed by atoms with van der Waals surface area (Å²) in [4.78, 5) is 44.9. The van der Waals surface area contributed by atoms with E-state index in [4.69, 9.17) is 9.15 Å². The first-order valence-corrected chi connectivity index (χ1v) is 7.95. The lowest BCUT2D eigenvalue weighted by Crippen LogP contribution is -2.43.